The Hall–Kier alpha value is -1.94. The monoisotopic (exact) mass is 572 g/mol. The Labute approximate surface area is 253 Å². The molecular weight excluding hydrogens is 517 g/mol. The SMILES string of the molecule is C#CCC(O)(C=C[C@@H](C)[C@H]1CC[C@H]2[C@@H]3CCc4cc(O[Si](C(C)C)(C(C)C)C(C)C)ccc4[C@H]3CC[C@]12C)CC#C. The summed E-state index contributed by atoms with van der Waals surface area (Å²) in [5, 5.41) is 10.9. The van der Waals surface area contributed by atoms with Gasteiger partial charge in [-0.2, -0.15) is 0 Å². The molecule has 1 N–H and O–H groups in total. The molecule has 6 atom stereocenters. The number of hydrogen-bond acceptors (Lipinski definition) is 2. The van der Waals surface area contributed by atoms with Gasteiger partial charge in [0.2, 0.25) is 0 Å². The van der Waals surface area contributed by atoms with Crippen LogP contribution in [0.15, 0.2) is 30.4 Å². The van der Waals surface area contributed by atoms with Crippen LogP contribution in [0.25, 0.3) is 0 Å². The van der Waals surface area contributed by atoms with E-state index in [1.165, 1.54) is 38.5 Å². The van der Waals surface area contributed by atoms with E-state index in [1.54, 1.807) is 11.1 Å². The molecule has 0 radical (unpaired) electrons. The Bertz CT molecular complexity index is 1140. The molecule has 0 aromatic heterocycles. The van der Waals surface area contributed by atoms with Crippen molar-refractivity contribution in [2.45, 2.75) is 135 Å². The van der Waals surface area contributed by atoms with Crippen LogP contribution < -0.4 is 4.43 Å². The first-order valence-electron chi connectivity index (χ1n) is 16.4. The summed E-state index contributed by atoms with van der Waals surface area (Å²) in [5.41, 5.74) is 4.13. The van der Waals surface area contributed by atoms with Crippen LogP contribution in [0.1, 0.15) is 117 Å². The van der Waals surface area contributed by atoms with Crippen molar-refractivity contribution in [1.82, 2.24) is 0 Å². The molecule has 0 bridgehead atoms. The summed E-state index contributed by atoms with van der Waals surface area (Å²) in [4.78, 5) is 0. The molecule has 3 heteroatoms. The highest BCUT2D eigenvalue weighted by Crippen LogP contribution is 2.64. The number of aryl methyl sites for hydroxylation is 1. The van der Waals surface area contributed by atoms with Crippen molar-refractivity contribution in [2.24, 2.45) is 29.1 Å². The van der Waals surface area contributed by atoms with Crippen LogP contribution in [0.3, 0.4) is 0 Å². The topological polar surface area (TPSA) is 29.5 Å². The molecule has 0 heterocycles. The lowest BCUT2D eigenvalue weighted by Crippen LogP contribution is -2.50. The van der Waals surface area contributed by atoms with Gasteiger partial charge < -0.3 is 9.53 Å². The molecule has 41 heavy (non-hydrogen) atoms. The van der Waals surface area contributed by atoms with Crippen molar-refractivity contribution in [1.29, 1.82) is 0 Å². The molecule has 2 saturated carbocycles. The van der Waals surface area contributed by atoms with Crippen molar-refractivity contribution in [3.8, 4) is 30.4 Å². The fraction of sp³-hybridized carbons (Fsp3) is 0.684. The van der Waals surface area contributed by atoms with E-state index in [0.29, 0.717) is 39.8 Å². The first kappa shape index (κ1) is 32.0. The molecule has 0 saturated heterocycles. The Morgan fingerprint density at radius 1 is 1.00 bits per heavy atom. The Kier molecular flexibility index (Phi) is 9.63. The van der Waals surface area contributed by atoms with E-state index in [4.69, 9.17) is 17.3 Å². The number of aliphatic hydroxyl groups is 1. The number of hydrogen-bond donors (Lipinski definition) is 1. The van der Waals surface area contributed by atoms with Crippen molar-refractivity contribution < 1.29 is 9.53 Å². The molecule has 0 spiro atoms. The smallest absolute Gasteiger partial charge is 0.258 e. The van der Waals surface area contributed by atoms with Gasteiger partial charge in [0.05, 0.1) is 0 Å². The largest absolute Gasteiger partial charge is 0.543 e. The minimum absolute atomic E-state index is 0.260. The second-order valence-corrected chi connectivity index (χ2v) is 20.4. The van der Waals surface area contributed by atoms with Crippen molar-refractivity contribution in [3.05, 3.63) is 41.5 Å². The number of benzene rings is 1. The molecule has 4 rings (SSSR count). The van der Waals surface area contributed by atoms with Crippen LogP contribution in [0.4, 0.5) is 0 Å². The average Bonchev–Trinajstić information content (AvgIpc) is 3.27. The van der Waals surface area contributed by atoms with Gasteiger partial charge in [0, 0.05) is 12.8 Å². The fourth-order valence-corrected chi connectivity index (χ4v) is 15.3. The maximum absolute atomic E-state index is 10.9. The molecule has 3 aliphatic rings. The van der Waals surface area contributed by atoms with Crippen LogP contribution in [0.2, 0.25) is 16.6 Å². The molecule has 2 fully saturated rings. The summed E-state index contributed by atoms with van der Waals surface area (Å²) in [7, 11) is -1.96. The third-order valence-electron chi connectivity index (χ3n) is 11.9. The van der Waals surface area contributed by atoms with E-state index in [2.05, 4.69) is 91.5 Å². The van der Waals surface area contributed by atoms with Gasteiger partial charge in [-0.15, -0.1) is 24.7 Å². The third-order valence-corrected chi connectivity index (χ3v) is 17.9. The molecule has 3 aliphatic carbocycles. The quantitative estimate of drug-likeness (QED) is 0.172. The number of rotatable bonds is 10. The highest BCUT2D eigenvalue weighted by molar-refractivity contribution is 6.78. The highest BCUT2D eigenvalue weighted by atomic mass is 28.4. The second-order valence-electron chi connectivity index (χ2n) is 15.0. The van der Waals surface area contributed by atoms with Crippen molar-refractivity contribution in [3.63, 3.8) is 0 Å². The normalized spacial score (nSPS) is 28.7. The molecule has 224 valence electrons. The summed E-state index contributed by atoms with van der Waals surface area (Å²) in [6, 6.07) is 7.17. The molecule has 2 nitrogen and oxygen atoms in total. The highest BCUT2D eigenvalue weighted by Gasteiger charge is 2.55. The maximum Gasteiger partial charge on any atom is 0.258 e. The van der Waals surface area contributed by atoms with Crippen LogP contribution in [0.5, 0.6) is 5.75 Å². The summed E-state index contributed by atoms with van der Waals surface area (Å²) < 4.78 is 7.08. The van der Waals surface area contributed by atoms with Gasteiger partial charge in [-0.1, -0.05) is 73.6 Å². The first-order chi connectivity index (χ1) is 19.3. The average molecular weight is 573 g/mol. The number of allylic oxidation sites excluding steroid dienone is 1. The second kappa shape index (κ2) is 12.3. The number of terminal acetylenes is 2. The van der Waals surface area contributed by atoms with Gasteiger partial charge in [-0.25, -0.2) is 0 Å². The van der Waals surface area contributed by atoms with E-state index in [9.17, 15) is 5.11 Å². The zero-order valence-corrected chi connectivity index (χ0v) is 28.2. The van der Waals surface area contributed by atoms with E-state index in [0.717, 1.165) is 17.6 Å². The third kappa shape index (κ3) is 5.84. The fourth-order valence-electron chi connectivity index (χ4n) is 10.1. The first-order valence-corrected chi connectivity index (χ1v) is 18.6. The summed E-state index contributed by atoms with van der Waals surface area (Å²) in [6.07, 6.45) is 23.3. The van der Waals surface area contributed by atoms with Gasteiger partial charge >= 0.3 is 0 Å². The molecule has 0 unspecified atom stereocenters. The Morgan fingerprint density at radius 3 is 2.22 bits per heavy atom. The molecule has 0 amide bonds. The van der Waals surface area contributed by atoms with Crippen LogP contribution >= 0.6 is 0 Å². The lowest BCUT2D eigenvalue weighted by atomic mass is 9.53. The van der Waals surface area contributed by atoms with Crippen LogP contribution in [-0.2, 0) is 6.42 Å². The Morgan fingerprint density at radius 2 is 1.63 bits per heavy atom. The van der Waals surface area contributed by atoms with Gasteiger partial charge in [0.25, 0.3) is 8.32 Å². The lowest BCUT2D eigenvalue weighted by Gasteiger charge is -2.52. The molecule has 1 aromatic carbocycles. The number of fused-ring (bicyclic) bond motifs is 5. The van der Waals surface area contributed by atoms with Gasteiger partial charge in [0.1, 0.15) is 11.4 Å². The predicted octanol–water partition coefficient (Wildman–Crippen LogP) is 9.68. The van der Waals surface area contributed by atoms with Crippen LogP contribution in [0, 0.1) is 53.8 Å². The summed E-state index contributed by atoms with van der Waals surface area (Å²) >= 11 is 0. The minimum Gasteiger partial charge on any atom is -0.543 e. The summed E-state index contributed by atoms with van der Waals surface area (Å²) in [6.45, 7) is 19.1. The van der Waals surface area contributed by atoms with E-state index >= 15 is 0 Å². The zero-order chi connectivity index (χ0) is 30.2. The molecular formula is C38H56O2Si. The lowest BCUT2D eigenvalue weighted by molar-refractivity contribution is 0.0174. The molecule has 1 aromatic rings. The molecule has 0 aliphatic heterocycles. The Balaban J connectivity index is 1.52. The van der Waals surface area contributed by atoms with Crippen molar-refractivity contribution in [2.75, 3.05) is 0 Å². The van der Waals surface area contributed by atoms with E-state index < -0.39 is 13.9 Å². The summed E-state index contributed by atoms with van der Waals surface area (Å²) in [5.74, 6) is 9.56. The van der Waals surface area contributed by atoms with Crippen molar-refractivity contribution >= 4 is 8.32 Å². The minimum atomic E-state index is -1.96. The van der Waals surface area contributed by atoms with E-state index in [1.807, 2.05) is 6.08 Å². The van der Waals surface area contributed by atoms with Gasteiger partial charge in [-0.05, 0) is 113 Å². The van der Waals surface area contributed by atoms with Gasteiger partial charge in [0.15, 0.2) is 0 Å². The van der Waals surface area contributed by atoms with Gasteiger partial charge in [-0.3, -0.25) is 0 Å². The predicted molar refractivity (Wildman–Crippen MR) is 176 cm³/mol. The standard InChI is InChI=1S/C38H56O2Si/c1-11-21-38(39,22-12-2)24-19-29(9)35-17-18-36-34-15-13-30-25-31(40-41(26(3)4,27(5)6)28(7)8)14-16-32(30)33(34)20-23-37(35,36)10/h1-2,14,16,19,24-29,33-36,39H,13,15,17-18,20-23H2,3-10H3/t29-,33-,34-,35-,36+,37-/m1/s1. The van der Waals surface area contributed by atoms with Crippen LogP contribution in [-0.4, -0.2) is 19.0 Å². The maximum atomic E-state index is 10.9. The van der Waals surface area contributed by atoms with E-state index in [-0.39, 0.29) is 12.8 Å². The zero-order valence-electron chi connectivity index (χ0n) is 27.2.